The van der Waals surface area contributed by atoms with Crippen LogP contribution < -0.4 is 0 Å². The molecule has 3 aromatic heterocycles. The van der Waals surface area contributed by atoms with E-state index >= 15 is 0 Å². The maximum atomic E-state index is 12.0. The van der Waals surface area contributed by atoms with E-state index in [2.05, 4.69) is 9.97 Å². The third-order valence-corrected chi connectivity index (χ3v) is 13.8. The first kappa shape index (κ1) is 42.4. The maximum absolute atomic E-state index is 12.0. The summed E-state index contributed by atoms with van der Waals surface area (Å²) >= 11 is 0. The molecular formula is C44H26N4O12S4-4. The van der Waals surface area contributed by atoms with Crippen LogP contribution in [0.25, 0.3) is 67.6 Å². The molecule has 2 aliphatic rings. The van der Waals surface area contributed by atoms with Crippen LogP contribution in [0.3, 0.4) is 0 Å². The van der Waals surface area contributed by atoms with Crippen molar-refractivity contribution in [3.8, 4) is 22.3 Å². The zero-order chi connectivity index (χ0) is 45.3. The lowest BCUT2D eigenvalue weighted by atomic mass is 9.92. The number of fused-ring (bicyclic) bond motifs is 8. The standard InChI is InChI=1S/C44H30N4O12S4/c49-61(50,51)33-13-1-25(2-14-33)41-37-22-31-11-9-29(45-31)21-30-10-12-32(46-30)23-38-42(26-3-15-34(16-4-26)62(52,53)54)44(28-7-19-36(20-8-28)64(58,59)60)40(48-38)24-39(47-37)43(41)27-5-17-35(18-6-27)63(55,56)57/h1-24,45,48H,(H,49,50,51)(H,52,53,54)(H,55,56,57)(H,58,59,60)/p-4. The van der Waals surface area contributed by atoms with Crippen molar-refractivity contribution >= 4 is 85.8 Å². The van der Waals surface area contributed by atoms with Crippen LogP contribution in [0.1, 0.15) is 33.9 Å². The molecule has 2 N–H and O–H groups in total. The van der Waals surface area contributed by atoms with Gasteiger partial charge in [-0.25, -0.2) is 43.6 Å². The van der Waals surface area contributed by atoms with E-state index in [0.29, 0.717) is 83.7 Å². The lowest BCUT2D eigenvalue weighted by Crippen LogP contribution is -1.99. The molecule has 64 heavy (non-hydrogen) atoms. The minimum absolute atomic E-state index is 0.228. The Bertz CT molecular complexity index is 3790. The molecule has 0 spiro atoms. The fourth-order valence-electron chi connectivity index (χ4n) is 7.54. The highest BCUT2D eigenvalue weighted by Crippen LogP contribution is 2.44. The predicted molar refractivity (Wildman–Crippen MR) is 231 cm³/mol. The van der Waals surface area contributed by atoms with Gasteiger partial charge in [0.15, 0.2) is 0 Å². The molecule has 7 aromatic rings. The number of aromatic amines is 2. The first-order valence-corrected chi connectivity index (χ1v) is 24.3. The fourth-order valence-corrected chi connectivity index (χ4v) is 9.42. The van der Waals surface area contributed by atoms with Gasteiger partial charge in [0.05, 0.1) is 42.4 Å². The average Bonchev–Trinajstić information content (AvgIpc) is 4.03. The summed E-state index contributed by atoms with van der Waals surface area (Å²) in [5.74, 6) is 0. The van der Waals surface area contributed by atoms with E-state index in [1.54, 1.807) is 42.5 Å². The summed E-state index contributed by atoms with van der Waals surface area (Å²) in [5.41, 5.74) is 6.59. The van der Waals surface area contributed by atoms with Gasteiger partial charge >= 0.3 is 0 Å². The van der Waals surface area contributed by atoms with Crippen LogP contribution >= 0.6 is 0 Å². The molecule has 4 aromatic carbocycles. The highest BCUT2D eigenvalue weighted by atomic mass is 32.2. The molecule has 8 bridgehead atoms. The summed E-state index contributed by atoms with van der Waals surface area (Å²) in [6.45, 7) is 0. The first-order chi connectivity index (χ1) is 30.2. The molecule has 322 valence electrons. The number of rotatable bonds is 8. The minimum Gasteiger partial charge on any atom is -0.744 e. The monoisotopic (exact) mass is 930 g/mol. The van der Waals surface area contributed by atoms with Crippen molar-refractivity contribution in [3.05, 3.63) is 167 Å². The van der Waals surface area contributed by atoms with Gasteiger partial charge in [0.25, 0.3) is 0 Å². The Labute approximate surface area is 365 Å². The van der Waals surface area contributed by atoms with Crippen molar-refractivity contribution in [2.75, 3.05) is 0 Å². The fraction of sp³-hybridized carbons (Fsp3) is 0. The molecule has 0 saturated carbocycles. The van der Waals surface area contributed by atoms with Gasteiger partial charge in [0.1, 0.15) is 40.5 Å². The first-order valence-electron chi connectivity index (χ1n) is 18.6. The van der Waals surface area contributed by atoms with E-state index in [0.717, 1.165) is 48.5 Å². The molecule has 0 unspecified atom stereocenters. The Balaban J connectivity index is 1.45. The average molecular weight is 931 g/mol. The molecule has 0 saturated heterocycles. The number of benzene rings is 4. The van der Waals surface area contributed by atoms with Crippen LogP contribution in [0.15, 0.2) is 153 Å². The number of nitrogens with zero attached hydrogens (tertiary/aromatic N) is 2. The lowest BCUT2D eigenvalue weighted by molar-refractivity contribution is 0.461. The predicted octanol–water partition coefficient (Wildman–Crippen LogP) is 6.44. The summed E-state index contributed by atoms with van der Waals surface area (Å²) in [5, 5.41) is 0. The van der Waals surface area contributed by atoms with Crippen molar-refractivity contribution in [2.45, 2.75) is 19.6 Å². The van der Waals surface area contributed by atoms with Crippen LogP contribution in [-0.2, 0) is 40.5 Å². The molecule has 0 fully saturated rings. The van der Waals surface area contributed by atoms with E-state index in [1.165, 1.54) is 48.5 Å². The Kier molecular flexibility index (Phi) is 10.2. The summed E-state index contributed by atoms with van der Waals surface area (Å²) in [6.07, 6.45) is 3.55. The highest BCUT2D eigenvalue weighted by molar-refractivity contribution is 7.86. The SMILES string of the molecule is O=S(=O)([O-])c1ccc(C2=C(c3ccc(S(=O)(=O)[O-])cc3)c3cc4[nH]c(cc5nc(cc6ccc(cc2n3)[nH]6)C=C5)c(-c2ccc(S(=O)(=O)[O-])cc2)c4-c2ccc(S(=O)(=O)[O-])cc2)cc1. The van der Waals surface area contributed by atoms with Gasteiger partial charge in [-0.1, -0.05) is 48.5 Å². The molecule has 20 heteroatoms. The second-order valence-corrected chi connectivity index (χ2v) is 20.0. The normalized spacial score (nSPS) is 13.4. The van der Waals surface area contributed by atoms with Crippen molar-refractivity contribution in [3.63, 3.8) is 0 Å². The lowest BCUT2D eigenvalue weighted by Gasteiger charge is -2.13. The molecule has 0 atom stereocenters. The summed E-state index contributed by atoms with van der Waals surface area (Å²) in [6, 6.07) is 30.8. The second kappa shape index (κ2) is 15.4. The van der Waals surface area contributed by atoms with E-state index in [4.69, 9.17) is 9.97 Å². The van der Waals surface area contributed by atoms with E-state index < -0.39 is 60.1 Å². The van der Waals surface area contributed by atoms with Crippen LogP contribution in [0.5, 0.6) is 0 Å². The number of aromatic nitrogens is 4. The van der Waals surface area contributed by atoms with Crippen LogP contribution in [0, 0.1) is 0 Å². The van der Waals surface area contributed by atoms with Gasteiger partial charge in [-0.2, -0.15) is 0 Å². The molecule has 2 aliphatic heterocycles. The topological polar surface area (TPSA) is 286 Å². The Morgan fingerprint density at radius 3 is 1.11 bits per heavy atom. The van der Waals surface area contributed by atoms with E-state index in [9.17, 15) is 51.9 Å². The molecule has 16 nitrogen and oxygen atoms in total. The van der Waals surface area contributed by atoms with Gasteiger partial charge in [0.2, 0.25) is 0 Å². The van der Waals surface area contributed by atoms with Gasteiger partial charge in [-0.15, -0.1) is 0 Å². The van der Waals surface area contributed by atoms with Crippen LogP contribution in [0.4, 0.5) is 0 Å². The summed E-state index contributed by atoms with van der Waals surface area (Å²) in [4.78, 5) is 14.5. The van der Waals surface area contributed by atoms with Crippen LogP contribution in [0.2, 0.25) is 0 Å². The third-order valence-electron chi connectivity index (χ3n) is 10.4. The van der Waals surface area contributed by atoms with E-state index in [1.807, 2.05) is 6.07 Å². The summed E-state index contributed by atoms with van der Waals surface area (Å²) < 4.78 is 144. The summed E-state index contributed by atoms with van der Waals surface area (Å²) in [7, 11) is -19.4. The largest absolute Gasteiger partial charge is 0.744 e. The van der Waals surface area contributed by atoms with Crippen LogP contribution in [-0.4, -0.2) is 71.8 Å². The zero-order valence-electron chi connectivity index (χ0n) is 32.3. The molecule has 5 heterocycles. The number of hydrogen-bond donors (Lipinski definition) is 2. The second-order valence-electron chi connectivity index (χ2n) is 14.5. The third kappa shape index (κ3) is 8.34. The van der Waals surface area contributed by atoms with Crippen molar-refractivity contribution in [2.24, 2.45) is 0 Å². The maximum Gasteiger partial charge on any atom is 0.124 e. The van der Waals surface area contributed by atoms with Gasteiger partial charge in [0, 0.05) is 44.3 Å². The number of nitrogens with one attached hydrogen (secondary N) is 2. The number of hydrogen-bond acceptors (Lipinski definition) is 14. The highest BCUT2D eigenvalue weighted by Gasteiger charge is 2.25. The van der Waals surface area contributed by atoms with Crippen molar-refractivity contribution in [1.29, 1.82) is 0 Å². The molecule has 0 aliphatic carbocycles. The molecular weight excluding hydrogens is 905 g/mol. The quantitative estimate of drug-likeness (QED) is 0.155. The zero-order valence-corrected chi connectivity index (χ0v) is 35.5. The molecule has 0 amide bonds. The van der Waals surface area contributed by atoms with Gasteiger partial charge in [-0.3, -0.25) is 0 Å². The minimum atomic E-state index is -4.88. The Hall–Kier alpha value is -6.88. The Morgan fingerprint density at radius 2 is 0.703 bits per heavy atom. The van der Waals surface area contributed by atoms with Crippen molar-refractivity contribution in [1.82, 2.24) is 19.9 Å². The van der Waals surface area contributed by atoms with Gasteiger partial charge < -0.3 is 28.2 Å². The molecule has 9 rings (SSSR count). The smallest absolute Gasteiger partial charge is 0.124 e. The van der Waals surface area contributed by atoms with E-state index in [-0.39, 0.29) is 5.69 Å². The Morgan fingerprint density at radius 1 is 0.359 bits per heavy atom. The number of H-pyrrole nitrogens is 2. The van der Waals surface area contributed by atoms with Crippen molar-refractivity contribution < 1.29 is 51.9 Å². The molecule has 0 radical (unpaired) electrons. The van der Waals surface area contributed by atoms with Gasteiger partial charge in [-0.05, 0) is 119 Å².